The molecule has 3 N–H and O–H groups in total. The summed E-state index contributed by atoms with van der Waals surface area (Å²) in [5.41, 5.74) is 6.32. The molecule has 1 aromatic carbocycles. The van der Waals surface area contributed by atoms with E-state index in [1.165, 1.54) is 17.0 Å². The number of morpholine rings is 1. The number of nitrogens with zero attached hydrogens (tertiary/aromatic N) is 2. The zero-order valence-corrected chi connectivity index (χ0v) is 16.2. The van der Waals surface area contributed by atoms with Crippen molar-refractivity contribution in [3.63, 3.8) is 0 Å². The number of rotatable bonds is 8. The molecule has 1 fully saturated rings. The maximum absolute atomic E-state index is 14.5. The lowest BCUT2D eigenvalue weighted by molar-refractivity contribution is -0.125. The molecule has 0 saturated carbocycles. The quantitative estimate of drug-likeness (QED) is 0.712. The van der Waals surface area contributed by atoms with E-state index in [0.717, 1.165) is 6.54 Å². The molecule has 0 bridgehead atoms. The fourth-order valence-corrected chi connectivity index (χ4v) is 3.15. The van der Waals surface area contributed by atoms with E-state index in [-0.39, 0.29) is 30.7 Å². The van der Waals surface area contributed by atoms with Gasteiger partial charge in [0.25, 0.3) is 5.91 Å². The lowest BCUT2D eigenvalue weighted by atomic mass is 10.1. The number of nitrogens with two attached hydrogens (primary N) is 1. The van der Waals surface area contributed by atoms with Crippen molar-refractivity contribution >= 4 is 23.2 Å². The highest BCUT2D eigenvalue weighted by atomic mass is 19.1. The lowest BCUT2D eigenvalue weighted by Crippen LogP contribution is -2.49. The first kappa shape index (κ1) is 21.3. The predicted octanol–water partition coefficient (Wildman–Crippen LogP) is 1.43. The summed E-state index contributed by atoms with van der Waals surface area (Å²) in [7, 11) is 0. The topological polar surface area (TPSA) is 87.9 Å². The number of ether oxygens (including phenoxy) is 1. The molecule has 1 aliphatic heterocycles. The number of hydrogen-bond acceptors (Lipinski definition) is 5. The molecule has 0 unspecified atom stereocenters. The molecular weight excluding hydrogens is 351 g/mol. The van der Waals surface area contributed by atoms with Crippen LogP contribution in [0.15, 0.2) is 18.2 Å². The molecule has 8 heteroatoms. The smallest absolute Gasteiger partial charge is 0.253 e. The number of carbonyl (C=O) groups excluding carboxylic acids is 2. The van der Waals surface area contributed by atoms with Gasteiger partial charge >= 0.3 is 0 Å². The Kier molecular flexibility index (Phi) is 7.70. The largest absolute Gasteiger partial charge is 0.370 e. The minimum absolute atomic E-state index is 0.0129. The predicted molar refractivity (Wildman–Crippen MR) is 103 cm³/mol. The van der Waals surface area contributed by atoms with Gasteiger partial charge in [0.2, 0.25) is 5.91 Å². The van der Waals surface area contributed by atoms with Crippen LogP contribution in [0, 0.1) is 11.7 Å². The van der Waals surface area contributed by atoms with Gasteiger partial charge in [0.15, 0.2) is 0 Å². The van der Waals surface area contributed by atoms with Crippen molar-refractivity contribution in [1.29, 1.82) is 0 Å². The maximum Gasteiger partial charge on any atom is 0.253 e. The molecular formula is C19H29FN4O3. The first-order valence-electron chi connectivity index (χ1n) is 9.30. The average Bonchev–Trinajstić information content (AvgIpc) is 2.63. The van der Waals surface area contributed by atoms with Crippen LogP contribution < -0.4 is 16.0 Å². The first-order chi connectivity index (χ1) is 12.9. The summed E-state index contributed by atoms with van der Waals surface area (Å²) in [5, 5.41) is 2.63. The number of benzene rings is 1. The van der Waals surface area contributed by atoms with Crippen molar-refractivity contribution in [1.82, 2.24) is 4.90 Å². The van der Waals surface area contributed by atoms with Gasteiger partial charge in [-0.05, 0) is 30.7 Å². The van der Waals surface area contributed by atoms with Crippen molar-refractivity contribution in [2.75, 3.05) is 49.6 Å². The van der Waals surface area contributed by atoms with E-state index in [2.05, 4.69) is 19.2 Å². The van der Waals surface area contributed by atoms with Gasteiger partial charge < -0.3 is 20.7 Å². The Morgan fingerprint density at radius 1 is 1.44 bits per heavy atom. The minimum atomic E-state index is -0.595. The molecule has 27 heavy (non-hydrogen) atoms. The summed E-state index contributed by atoms with van der Waals surface area (Å²) in [6.45, 7) is 8.42. The second-order valence-electron chi connectivity index (χ2n) is 6.98. The average molecular weight is 380 g/mol. The summed E-state index contributed by atoms with van der Waals surface area (Å²) in [5.74, 6) is -0.765. The number of amides is 2. The molecule has 1 heterocycles. The van der Waals surface area contributed by atoms with Crippen molar-refractivity contribution in [2.45, 2.75) is 26.8 Å². The van der Waals surface area contributed by atoms with Crippen LogP contribution in [-0.2, 0) is 14.3 Å². The number of nitrogens with one attached hydrogen (secondary N) is 1. The molecule has 150 valence electrons. The normalized spacial score (nSPS) is 16.1. The standard InChI is InChI=1S/C19H29FN4O3/c1-4-23(11-13(2)3)17(10-21)19(26)22-16-6-5-14(9-15(16)20)24-7-8-27-12-18(24)25/h5-6,9,13,17H,4,7-8,10-12,21H2,1-3H3,(H,22,26)/t17-/m1/s1. The molecule has 0 aliphatic carbocycles. The Morgan fingerprint density at radius 2 is 2.19 bits per heavy atom. The second kappa shape index (κ2) is 9.77. The summed E-state index contributed by atoms with van der Waals surface area (Å²) >= 11 is 0. The number of halogens is 1. The van der Waals surface area contributed by atoms with Crippen molar-refractivity contribution < 1.29 is 18.7 Å². The van der Waals surface area contributed by atoms with E-state index in [4.69, 9.17) is 10.5 Å². The number of carbonyl (C=O) groups is 2. The molecule has 2 rings (SSSR count). The molecule has 0 aromatic heterocycles. The van der Waals surface area contributed by atoms with Gasteiger partial charge in [-0.25, -0.2) is 4.39 Å². The van der Waals surface area contributed by atoms with Crippen LogP contribution in [0.1, 0.15) is 20.8 Å². The molecule has 7 nitrogen and oxygen atoms in total. The van der Waals surface area contributed by atoms with Crippen LogP contribution in [0.3, 0.4) is 0 Å². The van der Waals surface area contributed by atoms with E-state index in [1.807, 2.05) is 11.8 Å². The van der Waals surface area contributed by atoms with Crippen molar-refractivity contribution in [3.05, 3.63) is 24.0 Å². The van der Waals surface area contributed by atoms with E-state index >= 15 is 0 Å². The molecule has 0 radical (unpaired) electrons. The van der Waals surface area contributed by atoms with Crippen LogP contribution in [-0.4, -0.2) is 62.1 Å². The molecule has 2 amide bonds. The highest BCUT2D eigenvalue weighted by Crippen LogP contribution is 2.23. The van der Waals surface area contributed by atoms with Gasteiger partial charge in [-0.15, -0.1) is 0 Å². The third-order valence-electron chi connectivity index (χ3n) is 4.48. The van der Waals surface area contributed by atoms with Crippen LogP contribution in [0.4, 0.5) is 15.8 Å². The molecule has 1 aromatic rings. The maximum atomic E-state index is 14.5. The van der Waals surface area contributed by atoms with Crippen molar-refractivity contribution in [2.24, 2.45) is 11.7 Å². The molecule has 0 spiro atoms. The molecule has 1 saturated heterocycles. The van der Waals surface area contributed by atoms with Crippen LogP contribution in [0.25, 0.3) is 0 Å². The monoisotopic (exact) mass is 380 g/mol. The van der Waals surface area contributed by atoms with Gasteiger partial charge in [-0.3, -0.25) is 14.5 Å². The fourth-order valence-electron chi connectivity index (χ4n) is 3.15. The summed E-state index contributed by atoms with van der Waals surface area (Å²) in [4.78, 5) is 28.0. The Bertz CT molecular complexity index is 668. The summed E-state index contributed by atoms with van der Waals surface area (Å²) in [6.07, 6.45) is 0. The van der Waals surface area contributed by atoms with Crippen LogP contribution >= 0.6 is 0 Å². The van der Waals surface area contributed by atoms with Gasteiger partial charge in [0.1, 0.15) is 18.5 Å². The van der Waals surface area contributed by atoms with Crippen LogP contribution in [0.5, 0.6) is 0 Å². The second-order valence-corrected chi connectivity index (χ2v) is 6.98. The highest BCUT2D eigenvalue weighted by molar-refractivity contribution is 5.97. The fraction of sp³-hybridized carbons (Fsp3) is 0.579. The van der Waals surface area contributed by atoms with Gasteiger partial charge in [0, 0.05) is 25.3 Å². The first-order valence-corrected chi connectivity index (χ1v) is 9.30. The molecule has 1 atom stereocenters. The Balaban J connectivity index is 2.11. The SMILES string of the molecule is CCN(CC(C)C)[C@H](CN)C(=O)Nc1ccc(N2CCOCC2=O)cc1F. The van der Waals surface area contributed by atoms with Gasteiger partial charge in [-0.2, -0.15) is 0 Å². The number of likely N-dealkylation sites (N-methyl/N-ethyl adjacent to an activating group) is 1. The lowest BCUT2D eigenvalue weighted by Gasteiger charge is -2.30. The van der Waals surface area contributed by atoms with E-state index < -0.39 is 11.9 Å². The van der Waals surface area contributed by atoms with Gasteiger partial charge in [-0.1, -0.05) is 20.8 Å². The molecule has 1 aliphatic rings. The zero-order valence-electron chi connectivity index (χ0n) is 16.2. The Morgan fingerprint density at radius 3 is 2.74 bits per heavy atom. The summed E-state index contributed by atoms with van der Waals surface area (Å²) in [6, 6.07) is 3.81. The van der Waals surface area contributed by atoms with E-state index in [0.29, 0.717) is 31.3 Å². The number of hydrogen-bond donors (Lipinski definition) is 2. The van der Waals surface area contributed by atoms with Crippen molar-refractivity contribution in [3.8, 4) is 0 Å². The highest BCUT2D eigenvalue weighted by Gasteiger charge is 2.26. The summed E-state index contributed by atoms with van der Waals surface area (Å²) < 4.78 is 19.6. The van der Waals surface area contributed by atoms with Crippen LogP contribution in [0.2, 0.25) is 0 Å². The van der Waals surface area contributed by atoms with Gasteiger partial charge in [0.05, 0.1) is 12.3 Å². The van der Waals surface area contributed by atoms with E-state index in [9.17, 15) is 14.0 Å². The third kappa shape index (κ3) is 5.47. The minimum Gasteiger partial charge on any atom is -0.370 e. The van der Waals surface area contributed by atoms with E-state index in [1.54, 1.807) is 6.07 Å². The Labute approximate surface area is 159 Å². The Hall–Kier alpha value is -2.03. The third-order valence-corrected chi connectivity index (χ3v) is 4.48. The zero-order chi connectivity index (χ0) is 20.0. The number of anilines is 2.